The van der Waals surface area contributed by atoms with E-state index in [9.17, 15) is 9.59 Å². The number of fused-ring (bicyclic) bond motifs is 2. The predicted molar refractivity (Wildman–Crippen MR) is 94.3 cm³/mol. The number of aromatic amines is 1. The van der Waals surface area contributed by atoms with Gasteiger partial charge in [-0.25, -0.2) is 0 Å². The summed E-state index contributed by atoms with van der Waals surface area (Å²) < 4.78 is 5.08. The second-order valence-corrected chi connectivity index (χ2v) is 6.24. The minimum absolute atomic E-state index is 0.0916. The van der Waals surface area contributed by atoms with Crippen LogP contribution in [0.5, 0.6) is 0 Å². The maximum Gasteiger partial charge on any atom is 0.315 e. The number of esters is 1. The molecule has 2 atom stereocenters. The molecule has 1 aliphatic heterocycles. The van der Waals surface area contributed by atoms with Crippen LogP contribution in [0.25, 0.3) is 10.9 Å². The highest BCUT2D eigenvalue weighted by molar-refractivity contribution is 6.01. The average Bonchev–Trinajstić information content (AvgIpc) is 3.07. The number of nitrogens with one attached hydrogen (secondary N) is 1. The summed E-state index contributed by atoms with van der Waals surface area (Å²) in [5, 5.41) is 1.00. The topological polar surface area (TPSA) is 62.4 Å². The quantitative estimate of drug-likeness (QED) is 0.732. The normalized spacial score (nSPS) is 19.8. The number of hydrogen-bond acceptors (Lipinski definition) is 3. The Bertz CT molecular complexity index is 976. The summed E-state index contributed by atoms with van der Waals surface area (Å²) in [5.74, 6) is -1.00. The van der Waals surface area contributed by atoms with E-state index in [2.05, 4.69) is 4.98 Å². The van der Waals surface area contributed by atoms with Crippen molar-refractivity contribution in [1.82, 2.24) is 9.88 Å². The lowest BCUT2D eigenvalue weighted by Gasteiger charge is -2.38. The average molecular weight is 334 g/mol. The van der Waals surface area contributed by atoms with Crippen LogP contribution in [0.15, 0.2) is 54.7 Å². The predicted octanol–water partition coefficient (Wildman–Crippen LogP) is 3.25. The van der Waals surface area contributed by atoms with Gasteiger partial charge in [0.1, 0.15) is 5.92 Å². The summed E-state index contributed by atoms with van der Waals surface area (Å²) in [4.78, 5) is 30.4. The summed E-state index contributed by atoms with van der Waals surface area (Å²) in [6, 6.07) is 14.7. The number of amides is 1. The van der Waals surface area contributed by atoms with Crippen LogP contribution in [-0.2, 0) is 9.53 Å². The van der Waals surface area contributed by atoms with Crippen LogP contribution in [0.4, 0.5) is 0 Å². The maximum absolute atomic E-state index is 12.9. The number of ether oxygens (including phenoxy) is 1. The van der Waals surface area contributed by atoms with Crippen LogP contribution < -0.4 is 0 Å². The van der Waals surface area contributed by atoms with E-state index in [0.29, 0.717) is 11.1 Å². The third-order valence-electron chi connectivity index (χ3n) is 4.97. The fourth-order valence-corrected chi connectivity index (χ4v) is 3.78. The molecular weight excluding hydrogens is 316 g/mol. The van der Waals surface area contributed by atoms with Gasteiger partial charge >= 0.3 is 5.97 Å². The van der Waals surface area contributed by atoms with Gasteiger partial charge in [0.2, 0.25) is 0 Å². The first-order valence-corrected chi connectivity index (χ1v) is 8.13. The summed E-state index contributed by atoms with van der Waals surface area (Å²) >= 11 is 0. The largest absolute Gasteiger partial charge is 0.468 e. The number of nitrogens with zero attached hydrogens (tertiary/aromatic N) is 1. The van der Waals surface area contributed by atoms with Crippen LogP contribution in [0.2, 0.25) is 0 Å². The van der Waals surface area contributed by atoms with Crippen LogP contribution in [0, 0.1) is 0 Å². The van der Waals surface area contributed by atoms with Crippen molar-refractivity contribution < 1.29 is 14.3 Å². The zero-order valence-corrected chi connectivity index (χ0v) is 14.0. The van der Waals surface area contributed by atoms with E-state index in [1.165, 1.54) is 7.11 Å². The Morgan fingerprint density at radius 3 is 2.60 bits per heavy atom. The fourth-order valence-electron chi connectivity index (χ4n) is 3.78. The number of likely N-dealkylation sites (N-methyl/N-ethyl adjacent to an activating group) is 1. The molecule has 3 aromatic rings. The number of carbonyl (C=O) groups excluding carboxylic acids is 2. The van der Waals surface area contributed by atoms with E-state index < -0.39 is 12.0 Å². The number of para-hydroxylation sites is 1. The zero-order valence-electron chi connectivity index (χ0n) is 14.0. The van der Waals surface area contributed by atoms with Gasteiger partial charge in [-0.15, -0.1) is 0 Å². The lowest BCUT2D eigenvalue weighted by atomic mass is 9.80. The Balaban J connectivity index is 1.96. The molecule has 0 bridgehead atoms. The van der Waals surface area contributed by atoms with Crippen molar-refractivity contribution in [2.45, 2.75) is 12.0 Å². The fraction of sp³-hybridized carbons (Fsp3) is 0.200. The minimum Gasteiger partial charge on any atom is -0.468 e. The molecule has 1 amide bonds. The van der Waals surface area contributed by atoms with Gasteiger partial charge in [-0.05, 0) is 17.7 Å². The molecule has 2 heterocycles. The van der Waals surface area contributed by atoms with Gasteiger partial charge in [-0.1, -0.05) is 36.4 Å². The van der Waals surface area contributed by atoms with Crippen LogP contribution in [-0.4, -0.2) is 35.9 Å². The lowest BCUT2D eigenvalue weighted by Crippen LogP contribution is -2.42. The highest BCUT2D eigenvalue weighted by Crippen LogP contribution is 2.44. The number of hydrogen-bond donors (Lipinski definition) is 1. The van der Waals surface area contributed by atoms with Gasteiger partial charge in [0, 0.05) is 35.3 Å². The van der Waals surface area contributed by atoms with Crippen molar-refractivity contribution in [2.24, 2.45) is 0 Å². The van der Waals surface area contributed by atoms with Crippen molar-refractivity contribution >= 4 is 22.8 Å². The molecule has 25 heavy (non-hydrogen) atoms. The Hall–Kier alpha value is -3.08. The molecule has 0 unspecified atom stereocenters. The minimum atomic E-state index is -0.567. The second-order valence-electron chi connectivity index (χ2n) is 6.24. The van der Waals surface area contributed by atoms with Crippen molar-refractivity contribution in [2.75, 3.05) is 14.2 Å². The zero-order chi connectivity index (χ0) is 17.6. The first kappa shape index (κ1) is 15.4. The Morgan fingerprint density at radius 1 is 1.08 bits per heavy atom. The summed E-state index contributed by atoms with van der Waals surface area (Å²) in [6.45, 7) is 0. The Morgan fingerprint density at radius 2 is 1.80 bits per heavy atom. The number of rotatable bonds is 2. The van der Waals surface area contributed by atoms with Gasteiger partial charge in [0.25, 0.3) is 5.91 Å². The summed E-state index contributed by atoms with van der Waals surface area (Å²) in [5.41, 5.74) is 3.15. The highest BCUT2D eigenvalue weighted by atomic mass is 16.5. The third-order valence-corrected chi connectivity index (χ3v) is 4.97. The van der Waals surface area contributed by atoms with Crippen molar-refractivity contribution in [3.63, 3.8) is 0 Å². The van der Waals surface area contributed by atoms with E-state index in [0.717, 1.165) is 16.5 Å². The van der Waals surface area contributed by atoms with E-state index in [-0.39, 0.29) is 11.9 Å². The highest BCUT2D eigenvalue weighted by Gasteiger charge is 2.44. The van der Waals surface area contributed by atoms with Crippen molar-refractivity contribution in [1.29, 1.82) is 0 Å². The molecule has 5 nitrogen and oxygen atoms in total. The van der Waals surface area contributed by atoms with Crippen LogP contribution in [0.3, 0.4) is 0 Å². The molecule has 1 aliphatic rings. The van der Waals surface area contributed by atoms with Gasteiger partial charge in [-0.3, -0.25) is 9.59 Å². The molecule has 0 saturated heterocycles. The molecule has 0 fully saturated rings. The van der Waals surface area contributed by atoms with Gasteiger partial charge in [0.15, 0.2) is 0 Å². The van der Waals surface area contributed by atoms with Crippen LogP contribution in [0.1, 0.15) is 33.4 Å². The molecular formula is C20H18N2O3. The molecule has 0 radical (unpaired) electrons. The van der Waals surface area contributed by atoms with Gasteiger partial charge < -0.3 is 14.6 Å². The Labute approximate surface area is 145 Å². The molecule has 0 saturated carbocycles. The molecule has 0 aliphatic carbocycles. The first-order chi connectivity index (χ1) is 12.1. The number of H-pyrrole nitrogens is 1. The number of carbonyl (C=O) groups is 2. The third kappa shape index (κ3) is 2.23. The number of methoxy groups -OCH3 is 1. The smallest absolute Gasteiger partial charge is 0.315 e. The van der Waals surface area contributed by atoms with Crippen molar-refractivity contribution in [3.05, 3.63) is 71.4 Å². The molecule has 1 N–H and O–H groups in total. The second kappa shape index (κ2) is 5.77. The molecule has 126 valence electrons. The van der Waals surface area contributed by atoms with E-state index in [1.807, 2.05) is 48.7 Å². The van der Waals surface area contributed by atoms with E-state index in [1.54, 1.807) is 18.0 Å². The molecule has 4 rings (SSSR count). The first-order valence-electron chi connectivity index (χ1n) is 8.13. The lowest BCUT2D eigenvalue weighted by molar-refractivity contribution is -0.144. The molecule has 5 heteroatoms. The van der Waals surface area contributed by atoms with Crippen LogP contribution >= 0.6 is 0 Å². The molecule has 1 aromatic heterocycles. The monoisotopic (exact) mass is 334 g/mol. The standard InChI is InChI=1S/C20H18N2O3/c1-22-18(15-11-21-16-10-6-5-7-12(15)16)17(20(24)25-2)13-8-3-4-9-14(13)19(22)23/h3-11,17-18,21H,1-2H3/t17-,18+/m1/s1. The van der Waals surface area contributed by atoms with Gasteiger partial charge in [0.05, 0.1) is 13.2 Å². The SMILES string of the molecule is COC(=O)[C@@H]1c2ccccc2C(=O)N(C)[C@H]1c1c[nH]c2ccccc12. The maximum atomic E-state index is 12.9. The molecule has 0 spiro atoms. The summed E-state index contributed by atoms with van der Waals surface area (Å²) in [7, 11) is 3.12. The number of benzene rings is 2. The van der Waals surface area contributed by atoms with Gasteiger partial charge in [-0.2, -0.15) is 0 Å². The van der Waals surface area contributed by atoms with Crippen molar-refractivity contribution in [3.8, 4) is 0 Å². The number of aromatic nitrogens is 1. The van der Waals surface area contributed by atoms with E-state index in [4.69, 9.17) is 4.74 Å². The summed E-state index contributed by atoms with van der Waals surface area (Å²) in [6.07, 6.45) is 1.88. The molecule has 2 aromatic carbocycles. The Kier molecular flexibility index (Phi) is 3.57. The van der Waals surface area contributed by atoms with E-state index >= 15 is 0 Å².